The van der Waals surface area contributed by atoms with Crippen LogP contribution in [0.2, 0.25) is 0 Å². The van der Waals surface area contributed by atoms with E-state index in [-0.39, 0.29) is 11.5 Å². The molecule has 30 heavy (non-hydrogen) atoms. The Morgan fingerprint density at radius 1 is 0.900 bits per heavy atom. The van der Waals surface area contributed by atoms with Crippen LogP contribution < -0.4 is 0 Å². The Bertz CT molecular complexity index is 1000. The summed E-state index contributed by atoms with van der Waals surface area (Å²) in [5.41, 5.74) is 5.39. The topological polar surface area (TPSA) is 77.7 Å². The van der Waals surface area contributed by atoms with E-state index in [1.807, 2.05) is 12.3 Å². The fraction of sp³-hybridized carbons (Fsp3) is 0.250. The molecule has 0 amide bonds. The van der Waals surface area contributed by atoms with Crippen molar-refractivity contribution < 1.29 is 14.9 Å². The van der Waals surface area contributed by atoms with Gasteiger partial charge in [0.05, 0.1) is 25.6 Å². The molecule has 2 aliphatic rings. The van der Waals surface area contributed by atoms with Crippen molar-refractivity contribution in [2.24, 2.45) is 10.2 Å². The lowest BCUT2D eigenvalue weighted by molar-refractivity contribution is 0.0548. The van der Waals surface area contributed by atoms with Crippen LogP contribution in [-0.4, -0.2) is 53.8 Å². The molecule has 1 aliphatic heterocycles. The molecule has 0 unspecified atom stereocenters. The first-order valence-electron chi connectivity index (χ1n) is 10.1. The fourth-order valence-corrected chi connectivity index (χ4v) is 3.76. The zero-order valence-electron chi connectivity index (χ0n) is 16.7. The van der Waals surface area contributed by atoms with Crippen molar-refractivity contribution >= 4 is 18.5 Å². The lowest BCUT2D eigenvalue weighted by Gasteiger charge is -2.31. The molecule has 0 aromatic heterocycles. The van der Waals surface area contributed by atoms with Gasteiger partial charge in [-0.3, -0.25) is 0 Å². The van der Waals surface area contributed by atoms with E-state index < -0.39 is 0 Å². The summed E-state index contributed by atoms with van der Waals surface area (Å²) in [5.74, 6) is -0.0201. The molecule has 1 saturated heterocycles. The Balaban J connectivity index is 1.59. The first kappa shape index (κ1) is 19.9. The summed E-state index contributed by atoms with van der Waals surface area (Å²) in [5, 5.41) is 27.5. The normalized spacial score (nSPS) is 18.9. The number of aromatic hydroxyl groups is 2. The standard InChI is InChI=1S/C24H25N3O3/c28-22-9-8-20(23(29)15-22)16-25-26-17-21-7-6-19(14-18-4-2-1-3-5-18)24(21)27-10-12-30-13-11-27/h1-5,8-9,14-17,28-29H,6-7,10-13H2/b19-14?,25-16+,26-17-. The van der Waals surface area contributed by atoms with Crippen LogP contribution in [0.3, 0.4) is 0 Å². The summed E-state index contributed by atoms with van der Waals surface area (Å²) in [6.45, 7) is 3.18. The van der Waals surface area contributed by atoms with E-state index >= 15 is 0 Å². The van der Waals surface area contributed by atoms with Crippen molar-refractivity contribution in [3.63, 3.8) is 0 Å². The second kappa shape index (κ2) is 9.41. The van der Waals surface area contributed by atoms with Gasteiger partial charge in [0.2, 0.25) is 0 Å². The van der Waals surface area contributed by atoms with Gasteiger partial charge in [-0.1, -0.05) is 30.3 Å². The minimum Gasteiger partial charge on any atom is -0.508 e. The first-order valence-corrected chi connectivity index (χ1v) is 10.1. The number of allylic oxidation sites excluding steroid dienone is 2. The van der Waals surface area contributed by atoms with Crippen molar-refractivity contribution in [2.75, 3.05) is 26.3 Å². The van der Waals surface area contributed by atoms with Gasteiger partial charge < -0.3 is 19.8 Å². The Labute approximate surface area is 176 Å². The highest BCUT2D eigenvalue weighted by atomic mass is 16.5. The average Bonchev–Trinajstić information content (AvgIpc) is 3.16. The van der Waals surface area contributed by atoms with E-state index in [0.29, 0.717) is 5.56 Å². The zero-order chi connectivity index (χ0) is 20.8. The van der Waals surface area contributed by atoms with E-state index in [4.69, 9.17) is 4.74 Å². The predicted octanol–water partition coefficient (Wildman–Crippen LogP) is 3.97. The summed E-state index contributed by atoms with van der Waals surface area (Å²) in [6, 6.07) is 14.7. The molecule has 2 aromatic rings. The summed E-state index contributed by atoms with van der Waals surface area (Å²) in [4.78, 5) is 2.38. The summed E-state index contributed by atoms with van der Waals surface area (Å²) < 4.78 is 5.53. The van der Waals surface area contributed by atoms with E-state index in [1.165, 1.54) is 35.2 Å². The Kier molecular flexibility index (Phi) is 6.25. The average molecular weight is 403 g/mol. The van der Waals surface area contributed by atoms with Crippen molar-refractivity contribution in [3.05, 3.63) is 76.5 Å². The Morgan fingerprint density at radius 2 is 1.67 bits per heavy atom. The highest BCUT2D eigenvalue weighted by Crippen LogP contribution is 2.35. The molecular formula is C24H25N3O3. The van der Waals surface area contributed by atoms with E-state index in [0.717, 1.165) is 44.7 Å². The molecule has 0 atom stereocenters. The van der Waals surface area contributed by atoms with Gasteiger partial charge in [0.1, 0.15) is 11.5 Å². The third-order valence-electron chi connectivity index (χ3n) is 5.23. The largest absolute Gasteiger partial charge is 0.508 e. The molecule has 6 heteroatoms. The molecule has 1 heterocycles. The molecular weight excluding hydrogens is 378 g/mol. The molecule has 1 aliphatic carbocycles. The second-order valence-electron chi connectivity index (χ2n) is 7.29. The third-order valence-corrected chi connectivity index (χ3v) is 5.23. The number of hydrogen-bond acceptors (Lipinski definition) is 6. The zero-order valence-corrected chi connectivity index (χ0v) is 16.7. The second-order valence-corrected chi connectivity index (χ2v) is 7.29. The summed E-state index contributed by atoms with van der Waals surface area (Å²) in [6.07, 6.45) is 7.42. The predicted molar refractivity (Wildman–Crippen MR) is 119 cm³/mol. The van der Waals surface area contributed by atoms with Gasteiger partial charge in [-0.05, 0) is 47.8 Å². The van der Waals surface area contributed by atoms with Crippen molar-refractivity contribution in [1.82, 2.24) is 4.90 Å². The number of morpholine rings is 1. The van der Waals surface area contributed by atoms with Gasteiger partial charge in [-0.25, -0.2) is 0 Å². The van der Waals surface area contributed by atoms with E-state index in [1.54, 1.807) is 6.07 Å². The van der Waals surface area contributed by atoms with Crippen LogP contribution in [0.15, 0.2) is 75.6 Å². The van der Waals surface area contributed by atoms with Crippen LogP contribution in [0.25, 0.3) is 6.08 Å². The molecule has 0 bridgehead atoms. The molecule has 2 N–H and O–H groups in total. The number of benzene rings is 2. The van der Waals surface area contributed by atoms with Gasteiger partial charge in [0, 0.05) is 30.4 Å². The number of rotatable bonds is 5. The molecule has 154 valence electrons. The smallest absolute Gasteiger partial charge is 0.128 e. The lowest BCUT2D eigenvalue weighted by Crippen LogP contribution is -2.36. The van der Waals surface area contributed by atoms with E-state index in [2.05, 4.69) is 45.4 Å². The van der Waals surface area contributed by atoms with Crippen LogP contribution >= 0.6 is 0 Å². The number of nitrogens with zero attached hydrogens (tertiary/aromatic N) is 3. The SMILES string of the molecule is Oc1ccc(/C=N/N=C\C2=C(N3CCOCC3)C(=Cc3ccccc3)CC2)c(O)c1. The maximum atomic E-state index is 9.85. The summed E-state index contributed by atoms with van der Waals surface area (Å²) >= 11 is 0. The van der Waals surface area contributed by atoms with Gasteiger partial charge in [-0.15, -0.1) is 0 Å². The molecule has 6 nitrogen and oxygen atoms in total. The highest BCUT2D eigenvalue weighted by molar-refractivity contribution is 5.86. The van der Waals surface area contributed by atoms with Gasteiger partial charge in [-0.2, -0.15) is 10.2 Å². The van der Waals surface area contributed by atoms with Gasteiger partial charge in [0.15, 0.2) is 0 Å². The first-order chi connectivity index (χ1) is 14.7. The van der Waals surface area contributed by atoms with Crippen LogP contribution in [0.1, 0.15) is 24.0 Å². The van der Waals surface area contributed by atoms with Crippen LogP contribution in [0, 0.1) is 0 Å². The number of hydrogen-bond donors (Lipinski definition) is 2. The van der Waals surface area contributed by atoms with Crippen LogP contribution in [-0.2, 0) is 4.74 Å². The number of phenols is 2. The van der Waals surface area contributed by atoms with Crippen molar-refractivity contribution in [3.8, 4) is 11.5 Å². The minimum absolute atomic E-state index is 0.0112. The van der Waals surface area contributed by atoms with Gasteiger partial charge >= 0.3 is 0 Å². The fourth-order valence-electron chi connectivity index (χ4n) is 3.76. The van der Waals surface area contributed by atoms with Crippen molar-refractivity contribution in [1.29, 1.82) is 0 Å². The molecule has 0 spiro atoms. The van der Waals surface area contributed by atoms with Gasteiger partial charge in [0.25, 0.3) is 0 Å². The summed E-state index contributed by atoms with van der Waals surface area (Å²) in [7, 11) is 0. The Hall–Kier alpha value is -3.38. The minimum atomic E-state index is -0.0314. The molecule has 0 radical (unpaired) electrons. The number of phenolic OH excluding ortho intramolecular Hbond substituents is 2. The van der Waals surface area contributed by atoms with E-state index in [9.17, 15) is 10.2 Å². The molecule has 1 fully saturated rings. The molecule has 4 rings (SSSR count). The van der Waals surface area contributed by atoms with Crippen LogP contribution in [0.4, 0.5) is 0 Å². The Morgan fingerprint density at radius 3 is 2.43 bits per heavy atom. The monoisotopic (exact) mass is 403 g/mol. The maximum Gasteiger partial charge on any atom is 0.128 e. The molecule has 2 aromatic carbocycles. The highest BCUT2D eigenvalue weighted by Gasteiger charge is 2.25. The lowest BCUT2D eigenvalue weighted by atomic mass is 10.1. The maximum absolute atomic E-state index is 9.85. The quantitative estimate of drug-likeness (QED) is 0.585. The molecule has 0 saturated carbocycles. The number of ether oxygens (including phenoxy) is 1. The van der Waals surface area contributed by atoms with Crippen molar-refractivity contribution in [2.45, 2.75) is 12.8 Å². The van der Waals surface area contributed by atoms with Crippen LogP contribution in [0.5, 0.6) is 11.5 Å². The third kappa shape index (κ3) is 4.78.